The summed E-state index contributed by atoms with van der Waals surface area (Å²) in [5.41, 5.74) is 6.74. The standard InChI is InChI=1S/C7H8N.3CH4S.Sn/c8-6-7-4-2-1-3-5-7;3*1-2;/h1-4H,6,8H2;3*2H,1H3;/q;;;;+3/p-3. The van der Waals surface area contributed by atoms with Crippen molar-refractivity contribution < 1.29 is 0 Å². The number of rotatable bonds is 1. The van der Waals surface area contributed by atoms with Crippen LogP contribution in [0.2, 0.25) is 0 Å². The van der Waals surface area contributed by atoms with Gasteiger partial charge in [0.25, 0.3) is 0 Å². The zero-order chi connectivity index (χ0) is 12.7. The fourth-order valence-electron chi connectivity index (χ4n) is 0.698. The minimum atomic E-state index is 0.668. The SMILES string of the molecule is C[S-].C[S-].C[S-].NCc1cccc[c]1[Sn+3]. The third-order valence-corrected chi connectivity index (χ3v) is 2.63. The van der Waals surface area contributed by atoms with Crippen LogP contribution in [0.5, 0.6) is 0 Å². The molecule has 0 spiro atoms. The van der Waals surface area contributed by atoms with Crippen LogP contribution < -0.4 is 9.31 Å². The molecule has 15 heavy (non-hydrogen) atoms. The van der Waals surface area contributed by atoms with Gasteiger partial charge in [-0.1, -0.05) is 0 Å². The van der Waals surface area contributed by atoms with Crippen LogP contribution in [0, 0.1) is 0 Å². The number of nitrogens with two attached hydrogens (primary N) is 1. The Kier molecular flexibility index (Phi) is 29.1. The van der Waals surface area contributed by atoms with E-state index in [0.717, 1.165) is 0 Å². The maximum absolute atomic E-state index is 5.47. The van der Waals surface area contributed by atoms with Gasteiger partial charge in [-0.3, -0.25) is 0 Å². The molecule has 0 aliphatic carbocycles. The fourth-order valence-corrected chi connectivity index (χ4v) is 1.50. The van der Waals surface area contributed by atoms with Gasteiger partial charge in [-0.25, -0.2) is 0 Å². The molecule has 0 bridgehead atoms. The second-order valence-electron chi connectivity index (χ2n) is 1.86. The summed E-state index contributed by atoms with van der Waals surface area (Å²) >= 11 is 13.7. The Bertz CT molecular complexity index is 210. The molecule has 1 nitrogen and oxygen atoms in total. The molecule has 0 unspecified atom stereocenters. The van der Waals surface area contributed by atoms with Gasteiger partial charge < -0.3 is 37.9 Å². The number of hydrogen-bond donors (Lipinski definition) is 1. The summed E-state index contributed by atoms with van der Waals surface area (Å²) in [5.74, 6) is 0. The molecular formula is C10H17NS3Sn. The van der Waals surface area contributed by atoms with Crippen LogP contribution in [0.15, 0.2) is 24.3 Å². The molecule has 0 heterocycles. The van der Waals surface area contributed by atoms with Crippen LogP contribution >= 0.6 is 0 Å². The quantitative estimate of drug-likeness (QED) is 0.576. The van der Waals surface area contributed by atoms with Crippen molar-refractivity contribution >= 4 is 64.0 Å². The Morgan fingerprint density at radius 3 is 1.67 bits per heavy atom. The summed E-state index contributed by atoms with van der Waals surface area (Å²) in [4.78, 5) is 0. The van der Waals surface area contributed by atoms with Crippen LogP contribution in [0.3, 0.4) is 0 Å². The first kappa shape index (κ1) is 21.3. The Hall–Kier alpha value is 1.03. The van der Waals surface area contributed by atoms with E-state index in [1.54, 1.807) is 18.8 Å². The van der Waals surface area contributed by atoms with E-state index in [9.17, 15) is 0 Å². The molecule has 1 aromatic carbocycles. The molecule has 1 aromatic rings. The summed E-state index contributed by atoms with van der Waals surface area (Å²) in [6, 6.07) is 8.25. The van der Waals surface area contributed by atoms with Gasteiger partial charge in [-0.05, 0) is 0 Å². The van der Waals surface area contributed by atoms with Crippen LogP contribution in [0.1, 0.15) is 5.56 Å². The average Bonchev–Trinajstić information content (AvgIpc) is 2.37. The van der Waals surface area contributed by atoms with E-state index in [0.29, 0.717) is 6.54 Å². The van der Waals surface area contributed by atoms with Crippen LogP contribution in [-0.4, -0.2) is 41.3 Å². The molecule has 0 radical (unpaired) electrons. The molecule has 0 atom stereocenters. The molecule has 5 heteroatoms. The van der Waals surface area contributed by atoms with E-state index in [1.807, 2.05) is 12.1 Å². The molecule has 0 aliphatic heterocycles. The summed E-state index contributed by atoms with van der Waals surface area (Å²) in [6.45, 7) is 0.668. The van der Waals surface area contributed by atoms with E-state index in [2.05, 4.69) is 50.0 Å². The van der Waals surface area contributed by atoms with E-state index >= 15 is 0 Å². The molecular weight excluding hydrogens is 349 g/mol. The van der Waals surface area contributed by atoms with Crippen molar-refractivity contribution in [2.75, 3.05) is 18.8 Å². The zero-order valence-corrected chi connectivity index (χ0v) is 14.6. The normalized spacial score (nSPS) is 7.00. The van der Waals surface area contributed by atoms with Gasteiger partial charge in [0.05, 0.1) is 0 Å². The van der Waals surface area contributed by atoms with Gasteiger partial charge in [-0.2, -0.15) is 18.8 Å². The summed E-state index contributed by atoms with van der Waals surface area (Å²) in [7, 11) is 0. The molecule has 1 rings (SSSR count). The Labute approximate surface area is 124 Å². The Morgan fingerprint density at radius 1 is 1.00 bits per heavy atom. The van der Waals surface area contributed by atoms with Gasteiger partial charge in [0.2, 0.25) is 0 Å². The second-order valence-corrected chi connectivity index (χ2v) is 3.40. The van der Waals surface area contributed by atoms with Crippen LogP contribution in [0.4, 0.5) is 0 Å². The van der Waals surface area contributed by atoms with E-state index in [4.69, 9.17) is 5.73 Å². The van der Waals surface area contributed by atoms with Crippen LogP contribution in [0.25, 0.3) is 0 Å². The van der Waals surface area contributed by atoms with Crippen molar-refractivity contribution in [1.82, 2.24) is 0 Å². The van der Waals surface area contributed by atoms with E-state index in [1.165, 1.54) is 31.7 Å². The molecule has 0 aliphatic rings. The van der Waals surface area contributed by atoms with E-state index in [-0.39, 0.29) is 0 Å². The van der Waals surface area contributed by atoms with E-state index < -0.39 is 0 Å². The summed E-state index contributed by atoms with van der Waals surface area (Å²) in [6.07, 6.45) is 4.75. The predicted molar refractivity (Wildman–Crippen MR) is 79.6 cm³/mol. The van der Waals surface area contributed by atoms with Gasteiger partial charge in [0, 0.05) is 0 Å². The molecule has 0 saturated carbocycles. The summed E-state index contributed by atoms with van der Waals surface area (Å²) in [5, 5.41) is 0. The molecule has 0 amide bonds. The van der Waals surface area contributed by atoms with Gasteiger partial charge in [0.15, 0.2) is 0 Å². The zero-order valence-electron chi connectivity index (χ0n) is 9.32. The Balaban J connectivity index is -0.000000208. The monoisotopic (exact) mass is 367 g/mol. The van der Waals surface area contributed by atoms with Crippen molar-refractivity contribution in [1.29, 1.82) is 0 Å². The molecule has 84 valence electrons. The third-order valence-electron chi connectivity index (χ3n) is 1.24. The predicted octanol–water partition coefficient (Wildman–Crippen LogP) is 0.428. The maximum atomic E-state index is 5.47. The van der Waals surface area contributed by atoms with Gasteiger partial charge in [-0.15, -0.1) is 0 Å². The molecule has 2 N–H and O–H groups in total. The van der Waals surface area contributed by atoms with Crippen molar-refractivity contribution in [3.8, 4) is 0 Å². The Morgan fingerprint density at radius 2 is 1.40 bits per heavy atom. The first-order valence-corrected chi connectivity index (χ1v) is 7.94. The first-order chi connectivity index (χ1) is 7.34. The van der Waals surface area contributed by atoms with Crippen molar-refractivity contribution in [3.05, 3.63) is 29.8 Å². The third kappa shape index (κ3) is 13.0. The molecule has 0 fully saturated rings. The second kappa shape index (κ2) is 20.4. The molecule has 0 saturated heterocycles. The topological polar surface area (TPSA) is 26.0 Å². The molecule has 0 aromatic heterocycles. The number of hydrogen-bond acceptors (Lipinski definition) is 4. The van der Waals surface area contributed by atoms with Crippen LogP contribution in [-0.2, 0) is 44.4 Å². The van der Waals surface area contributed by atoms with Crippen molar-refractivity contribution in [3.63, 3.8) is 0 Å². The van der Waals surface area contributed by atoms with Gasteiger partial charge >= 0.3 is 68.2 Å². The average molecular weight is 366 g/mol. The number of benzene rings is 1. The van der Waals surface area contributed by atoms with Gasteiger partial charge in [0.1, 0.15) is 0 Å². The van der Waals surface area contributed by atoms with Crippen molar-refractivity contribution in [2.24, 2.45) is 5.73 Å². The fraction of sp³-hybridized carbons (Fsp3) is 0.400. The minimum absolute atomic E-state index is 0.668. The summed E-state index contributed by atoms with van der Waals surface area (Å²) < 4.78 is 1.37. The first-order valence-electron chi connectivity index (χ1n) is 4.06. The van der Waals surface area contributed by atoms with Crippen molar-refractivity contribution in [2.45, 2.75) is 6.54 Å².